The quantitative estimate of drug-likeness (QED) is 0.517. The van der Waals surface area contributed by atoms with Gasteiger partial charge < -0.3 is 0 Å². The summed E-state index contributed by atoms with van der Waals surface area (Å²) in [6.45, 7) is 0. The summed E-state index contributed by atoms with van der Waals surface area (Å²) in [5.74, 6) is 0. The molecule has 0 N–H and O–H groups in total. The second-order valence-corrected chi connectivity index (χ2v) is 5.82. The molecule has 0 unspecified atom stereocenters. The van der Waals surface area contributed by atoms with Crippen LogP contribution in [0.3, 0.4) is 0 Å². The van der Waals surface area contributed by atoms with E-state index in [1.165, 1.54) is 10.3 Å². The third kappa shape index (κ3) is 2.32. The van der Waals surface area contributed by atoms with Crippen LogP contribution in [0, 0.1) is 0 Å². The third-order valence-electron chi connectivity index (χ3n) is 3.38. The van der Waals surface area contributed by atoms with Crippen LogP contribution in [-0.4, -0.2) is 9.97 Å². The van der Waals surface area contributed by atoms with E-state index < -0.39 is 0 Å². The minimum absolute atomic E-state index is 0.927. The van der Waals surface area contributed by atoms with Crippen molar-refractivity contribution in [1.29, 1.82) is 0 Å². The number of pyridine rings is 1. The number of aromatic nitrogens is 2. The first kappa shape index (κ1) is 12.2. The van der Waals surface area contributed by atoms with Gasteiger partial charge in [0.15, 0.2) is 0 Å². The van der Waals surface area contributed by atoms with Crippen molar-refractivity contribution in [3.63, 3.8) is 0 Å². The molecule has 21 heavy (non-hydrogen) atoms. The Bertz CT molecular complexity index is 847. The summed E-state index contributed by atoms with van der Waals surface area (Å²) in [4.78, 5) is 9.21. The first-order valence-corrected chi connectivity index (χ1v) is 7.59. The Morgan fingerprint density at radius 1 is 0.714 bits per heavy atom. The van der Waals surface area contributed by atoms with Crippen molar-refractivity contribution in [2.45, 2.75) is 0 Å². The van der Waals surface area contributed by atoms with E-state index in [0.29, 0.717) is 0 Å². The van der Waals surface area contributed by atoms with Gasteiger partial charge in [-0.2, -0.15) is 0 Å². The number of nitrogens with zero attached hydrogens (tertiary/aromatic N) is 2. The van der Waals surface area contributed by atoms with Gasteiger partial charge in [-0.05, 0) is 23.8 Å². The first-order chi connectivity index (χ1) is 10.4. The van der Waals surface area contributed by atoms with Gasteiger partial charge in [0.2, 0.25) is 0 Å². The second-order valence-electron chi connectivity index (χ2n) is 4.78. The first-order valence-electron chi connectivity index (χ1n) is 6.77. The van der Waals surface area contributed by atoms with Crippen molar-refractivity contribution in [1.82, 2.24) is 9.97 Å². The molecule has 0 saturated carbocycles. The summed E-state index contributed by atoms with van der Waals surface area (Å²) in [5.41, 5.74) is 4.27. The Kier molecular flexibility index (Phi) is 2.98. The predicted molar refractivity (Wildman–Crippen MR) is 88.3 cm³/mol. The highest BCUT2D eigenvalue weighted by Gasteiger charge is 2.07. The van der Waals surface area contributed by atoms with E-state index >= 15 is 0 Å². The molecule has 0 aliphatic carbocycles. The molecule has 0 amide bonds. The molecule has 4 aromatic rings. The largest absolute Gasteiger partial charge is 0.253 e. The summed E-state index contributed by atoms with van der Waals surface area (Å²) in [6, 6.07) is 22.6. The van der Waals surface area contributed by atoms with Gasteiger partial charge in [-0.3, -0.25) is 4.98 Å². The SMILES string of the molecule is c1ccc(-c2ccc(-c3nc4ccccc4s3)nc2)cc1. The van der Waals surface area contributed by atoms with Crippen LogP contribution in [0.1, 0.15) is 0 Å². The van der Waals surface area contributed by atoms with Gasteiger partial charge in [0.05, 0.1) is 15.9 Å². The third-order valence-corrected chi connectivity index (χ3v) is 4.44. The fourth-order valence-electron chi connectivity index (χ4n) is 2.30. The average Bonchev–Trinajstić information content (AvgIpc) is 3.00. The van der Waals surface area contributed by atoms with Gasteiger partial charge in [0.25, 0.3) is 0 Å². The lowest BCUT2D eigenvalue weighted by Crippen LogP contribution is -1.84. The molecule has 100 valence electrons. The fraction of sp³-hybridized carbons (Fsp3) is 0. The number of benzene rings is 2. The number of rotatable bonds is 2. The zero-order valence-electron chi connectivity index (χ0n) is 11.2. The van der Waals surface area contributed by atoms with Crippen LogP contribution >= 0.6 is 11.3 Å². The minimum atomic E-state index is 0.927. The van der Waals surface area contributed by atoms with E-state index in [0.717, 1.165) is 21.8 Å². The molecule has 2 aromatic carbocycles. The lowest BCUT2D eigenvalue weighted by Gasteiger charge is -2.01. The van der Waals surface area contributed by atoms with Crippen molar-refractivity contribution >= 4 is 21.6 Å². The van der Waals surface area contributed by atoms with Crippen molar-refractivity contribution in [2.75, 3.05) is 0 Å². The predicted octanol–water partition coefficient (Wildman–Crippen LogP) is 5.03. The molecule has 0 bridgehead atoms. The van der Waals surface area contributed by atoms with Crippen molar-refractivity contribution in [3.05, 3.63) is 72.9 Å². The van der Waals surface area contributed by atoms with Gasteiger partial charge in [0.1, 0.15) is 5.01 Å². The van der Waals surface area contributed by atoms with Crippen LogP contribution in [0.2, 0.25) is 0 Å². The maximum atomic E-state index is 4.64. The van der Waals surface area contributed by atoms with E-state index in [4.69, 9.17) is 0 Å². The molecule has 0 radical (unpaired) electrons. The van der Waals surface area contributed by atoms with Crippen molar-refractivity contribution in [3.8, 4) is 21.8 Å². The summed E-state index contributed by atoms with van der Waals surface area (Å²) in [5, 5.41) is 0.968. The molecule has 4 rings (SSSR count). The van der Waals surface area contributed by atoms with Gasteiger partial charge in [-0.1, -0.05) is 48.5 Å². The molecule has 0 saturated heterocycles. The zero-order valence-corrected chi connectivity index (χ0v) is 12.0. The molecule has 0 aliphatic heterocycles. The van der Waals surface area contributed by atoms with Crippen molar-refractivity contribution < 1.29 is 0 Å². The van der Waals surface area contributed by atoms with E-state index in [2.05, 4.69) is 34.2 Å². The van der Waals surface area contributed by atoms with Crippen LogP contribution in [0.15, 0.2) is 72.9 Å². The van der Waals surface area contributed by atoms with Crippen molar-refractivity contribution in [2.24, 2.45) is 0 Å². The molecule has 0 atom stereocenters. The maximum Gasteiger partial charge on any atom is 0.143 e. The van der Waals surface area contributed by atoms with Gasteiger partial charge in [-0.15, -0.1) is 11.3 Å². The highest BCUT2D eigenvalue weighted by molar-refractivity contribution is 7.21. The maximum absolute atomic E-state index is 4.64. The Labute approximate surface area is 126 Å². The Balaban J connectivity index is 1.73. The normalized spacial score (nSPS) is 10.9. The highest BCUT2D eigenvalue weighted by Crippen LogP contribution is 2.29. The van der Waals surface area contributed by atoms with Gasteiger partial charge >= 0.3 is 0 Å². The molecule has 2 nitrogen and oxygen atoms in total. The number of para-hydroxylation sites is 1. The van der Waals surface area contributed by atoms with E-state index in [1.54, 1.807) is 11.3 Å². The number of hydrogen-bond donors (Lipinski definition) is 0. The summed E-state index contributed by atoms with van der Waals surface area (Å²) < 4.78 is 1.20. The lowest BCUT2D eigenvalue weighted by atomic mass is 10.1. The van der Waals surface area contributed by atoms with Crippen LogP contribution in [0.4, 0.5) is 0 Å². The molecule has 0 spiro atoms. The average molecular weight is 288 g/mol. The molecular weight excluding hydrogens is 276 g/mol. The standard InChI is InChI=1S/C18H12N2S/c1-2-6-13(7-3-1)14-10-11-16(19-12-14)18-20-15-8-4-5-9-17(15)21-18/h1-12H. The Hall–Kier alpha value is -2.52. The molecule has 0 aliphatic rings. The number of fused-ring (bicyclic) bond motifs is 1. The summed E-state index contributed by atoms with van der Waals surface area (Å²) in [6.07, 6.45) is 1.91. The smallest absolute Gasteiger partial charge is 0.143 e. The highest BCUT2D eigenvalue weighted by atomic mass is 32.1. The number of thiazole rings is 1. The van der Waals surface area contributed by atoms with E-state index in [1.807, 2.05) is 48.7 Å². The monoisotopic (exact) mass is 288 g/mol. The molecule has 3 heteroatoms. The molecular formula is C18H12N2S. The van der Waals surface area contributed by atoms with E-state index in [9.17, 15) is 0 Å². The molecule has 2 aromatic heterocycles. The number of hydrogen-bond acceptors (Lipinski definition) is 3. The van der Waals surface area contributed by atoms with Gasteiger partial charge in [0, 0.05) is 11.8 Å². The van der Waals surface area contributed by atoms with E-state index in [-0.39, 0.29) is 0 Å². The lowest BCUT2D eigenvalue weighted by molar-refractivity contribution is 1.31. The summed E-state index contributed by atoms with van der Waals surface area (Å²) >= 11 is 1.68. The van der Waals surface area contributed by atoms with Crippen LogP contribution < -0.4 is 0 Å². The summed E-state index contributed by atoms with van der Waals surface area (Å²) in [7, 11) is 0. The molecule has 2 heterocycles. The van der Waals surface area contributed by atoms with Gasteiger partial charge in [-0.25, -0.2) is 4.98 Å². The van der Waals surface area contributed by atoms with Crippen LogP contribution in [0.25, 0.3) is 32.0 Å². The van der Waals surface area contributed by atoms with Crippen LogP contribution in [0.5, 0.6) is 0 Å². The Morgan fingerprint density at radius 2 is 1.52 bits per heavy atom. The second kappa shape index (κ2) is 5.11. The van der Waals surface area contributed by atoms with Crippen LogP contribution in [-0.2, 0) is 0 Å². The minimum Gasteiger partial charge on any atom is -0.253 e. The Morgan fingerprint density at radius 3 is 2.29 bits per heavy atom. The zero-order chi connectivity index (χ0) is 14.1. The fourth-order valence-corrected chi connectivity index (χ4v) is 3.25. The topological polar surface area (TPSA) is 25.8 Å². The molecule has 0 fully saturated rings.